The molecule has 4 rings (SSSR count). The molecular formula is C26H34F3N5O4S. The maximum Gasteiger partial charge on any atom is 0.417 e. The van der Waals surface area contributed by atoms with Crippen molar-refractivity contribution in [2.24, 2.45) is 13.0 Å². The second-order valence-electron chi connectivity index (χ2n) is 9.91. The lowest BCUT2D eigenvalue weighted by molar-refractivity contribution is -0.139. The minimum absolute atomic E-state index is 0.0746. The zero-order valence-corrected chi connectivity index (χ0v) is 23.0. The summed E-state index contributed by atoms with van der Waals surface area (Å²) in [7, 11) is -1.74. The number of aromatic nitrogens is 2. The van der Waals surface area contributed by atoms with Gasteiger partial charge >= 0.3 is 6.18 Å². The molecule has 214 valence electrons. The van der Waals surface area contributed by atoms with Crippen LogP contribution < -0.4 is 5.32 Å². The molecule has 39 heavy (non-hydrogen) atoms. The number of alkyl halides is 3. The molecule has 1 aliphatic heterocycles. The molecule has 1 saturated carbocycles. The Labute approximate surface area is 226 Å². The Morgan fingerprint density at radius 2 is 1.90 bits per heavy atom. The monoisotopic (exact) mass is 569 g/mol. The van der Waals surface area contributed by atoms with Gasteiger partial charge in [0.25, 0.3) is 0 Å². The lowest BCUT2D eigenvalue weighted by Gasteiger charge is -2.37. The van der Waals surface area contributed by atoms with Gasteiger partial charge in [-0.3, -0.25) is 9.48 Å². The van der Waals surface area contributed by atoms with E-state index in [0.29, 0.717) is 31.5 Å². The molecular weight excluding hydrogens is 535 g/mol. The van der Waals surface area contributed by atoms with Gasteiger partial charge in [-0.1, -0.05) is 13.0 Å². The Kier molecular flexibility index (Phi) is 9.46. The fraction of sp³-hybridized carbons (Fsp3) is 0.577. The number of nitriles is 1. The van der Waals surface area contributed by atoms with Gasteiger partial charge < -0.3 is 15.3 Å². The van der Waals surface area contributed by atoms with Crippen LogP contribution in [0.4, 0.5) is 13.2 Å². The van der Waals surface area contributed by atoms with E-state index in [4.69, 9.17) is 5.11 Å². The number of sulfone groups is 1. The average molecular weight is 570 g/mol. The molecule has 2 aromatic rings. The number of amides is 1. The highest BCUT2D eigenvalue weighted by molar-refractivity contribution is 7.92. The first kappa shape index (κ1) is 30.6. The standard InChI is InChI=1S/C25H30F3N5O3S.CH4O/c1-3-33-10-8-24(16-29,9-11-33)31-23(34)18-4-6-20(12-18)37(35,36)22-7-5-17(13-21(22)25(26,27)28)19-14-30-32(2)15-19;1-2/h5,7,13-15,18,20H,3-4,6,8-12H2,1-2H3,(H,31,34);2H,1H3/t18-,20-;/m1./s1. The number of likely N-dealkylation sites (tertiary alicyclic amines) is 1. The molecule has 1 aromatic heterocycles. The number of aliphatic hydroxyl groups is 1. The summed E-state index contributed by atoms with van der Waals surface area (Å²) in [6.45, 7) is 4.21. The molecule has 2 aliphatic rings. The van der Waals surface area contributed by atoms with Crippen LogP contribution in [0.1, 0.15) is 44.6 Å². The van der Waals surface area contributed by atoms with Crippen molar-refractivity contribution in [2.75, 3.05) is 26.7 Å². The molecule has 2 atom stereocenters. The molecule has 0 bridgehead atoms. The molecule has 1 saturated heterocycles. The number of halogens is 3. The Hall–Kier alpha value is -2.95. The van der Waals surface area contributed by atoms with E-state index in [0.717, 1.165) is 25.8 Å². The summed E-state index contributed by atoms with van der Waals surface area (Å²) >= 11 is 0. The number of carbonyl (C=O) groups excluding carboxylic acids is 1. The number of carbonyl (C=O) groups is 1. The fourth-order valence-electron chi connectivity index (χ4n) is 5.24. The molecule has 1 aromatic carbocycles. The number of nitrogens with zero attached hydrogens (tertiary/aromatic N) is 4. The van der Waals surface area contributed by atoms with Gasteiger partial charge in [0.1, 0.15) is 5.54 Å². The van der Waals surface area contributed by atoms with Gasteiger partial charge in [-0.2, -0.15) is 23.5 Å². The van der Waals surface area contributed by atoms with Gasteiger partial charge in [0, 0.05) is 44.9 Å². The van der Waals surface area contributed by atoms with Crippen LogP contribution in [0.3, 0.4) is 0 Å². The average Bonchev–Trinajstić information content (AvgIpc) is 3.60. The lowest BCUT2D eigenvalue weighted by Crippen LogP contribution is -2.55. The topological polar surface area (TPSA) is 128 Å². The number of hydrogen-bond donors (Lipinski definition) is 2. The van der Waals surface area contributed by atoms with Crippen LogP contribution in [-0.2, 0) is 27.9 Å². The van der Waals surface area contributed by atoms with Gasteiger partial charge in [0.15, 0.2) is 9.84 Å². The highest BCUT2D eigenvalue weighted by Gasteiger charge is 2.45. The molecule has 13 heteroatoms. The molecule has 0 spiro atoms. The molecule has 2 heterocycles. The van der Waals surface area contributed by atoms with Crippen LogP contribution in [0.2, 0.25) is 0 Å². The van der Waals surface area contributed by atoms with Crippen LogP contribution in [0, 0.1) is 17.2 Å². The van der Waals surface area contributed by atoms with Gasteiger partial charge in [0.2, 0.25) is 5.91 Å². The summed E-state index contributed by atoms with van der Waals surface area (Å²) in [4.78, 5) is 14.4. The van der Waals surface area contributed by atoms with Crippen molar-refractivity contribution in [1.29, 1.82) is 5.26 Å². The predicted octanol–water partition coefficient (Wildman–Crippen LogP) is 3.15. The molecule has 2 fully saturated rings. The molecule has 0 radical (unpaired) electrons. The minimum atomic E-state index is -4.89. The Morgan fingerprint density at radius 3 is 2.44 bits per heavy atom. The second-order valence-corrected chi connectivity index (χ2v) is 12.1. The second kappa shape index (κ2) is 12.1. The van der Waals surface area contributed by atoms with Crippen LogP contribution in [0.15, 0.2) is 35.5 Å². The molecule has 1 amide bonds. The quantitative estimate of drug-likeness (QED) is 0.547. The first-order chi connectivity index (χ1) is 18.4. The Morgan fingerprint density at radius 1 is 1.23 bits per heavy atom. The van der Waals surface area contributed by atoms with Crippen LogP contribution in [0.5, 0.6) is 0 Å². The number of aliphatic hydroxyl groups excluding tert-OH is 1. The van der Waals surface area contributed by atoms with Crippen molar-refractivity contribution < 1.29 is 31.5 Å². The van der Waals surface area contributed by atoms with E-state index in [1.54, 1.807) is 13.2 Å². The fourth-order valence-corrected chi connectivity index (χ4v) is 7.27. The van der Waals surface area contributed by atoms with Gasteiger partial charge in [-0.25, -0.2) is 8.42 Å². The van der Waals surface area contributed by atoms with E-state index in [1.807, 2.05) is 6.92 Å². The zero-order valence-electron chi connectivity index (χ0n) is 22.2. The smallest absolute Gasteiger partial charge is 0.400 e. The van der Waals surface area contributed by atoms with E-state index in [9.17, 15) is 31.6 Å². The maximum absolute atomic E-state index is 14.0. The summed E-state index contributed by atoms with van der Waals surface area (Å²) in [6, 6.07) is 5.40. The van der Waals surface area contributed by atoms with E-state index in [-0.39, 0.29) is 24.8 Å². The van der Waals surface area contributed by atoms with Crippen molar-refractivity contribution in [1.82, 2.24) is 20.0 Å². The third kappa shape index (κ3) is 6.62. The zero-order chi connectivity index (χ0) is 29.0. The number of benzene rings is 1. The molecule has 2 N–H and O–H groups in total. The van der Waals surface area contributed by atoms with Gasteiger partial charge in [-0.05, 0) is 56.3 Å². The van der Waals surface area contributed by atoms with Gasteiger partial charge in [-0.15, -0.1) is 0 Å². The van der Waals surface area contributed by atoms with E-state index in [1.165, 1.54) is 16.9 Å². The third-order valence-electron chi connectivity index (χ3n) is 7.56. The number of rotatable bonds is 6. The van der Waals surface area contributed by atoms with Crippen LogP contribution >= 0.6 is 0 Å². The highest BCUT2D eigenvalue weighted by atomic mass is 32.2. The molecule has 0 unspecified atom stereocenters. The third-order valence-corrected chi connectivity index (χ3v) is 9.83. The van der Waals surface area contributed by atoms with Crippen molar-refractivity contribution in [3.05, 3.63) is 36.2 Å². The minimum Gasteiger partial charge on any atom is -0.400 e. The number of aryl methyl sites for hydroxylation is 1. The number of piperidine rings is 1. The summed E-state index contributed by atoms with van der Waals surface area (Å²) in [5, 5.41) is 22.4. The SMILES string of the molecule is CCN1CCC(C#N)(NC(=O)[C@@H]2CC[C@@H](S(=O)(=O)c3ccc(-c4cnn(C)c4)cc3C(F)(F)F)C2)CC1.CO. The number of nitrogens with one attached hydrogen (secondary N) is 1. The summed E-state index contributed by atoms with van der Waals surface area (Å²) in [6.07, 6.45) is -0.779. The predicted molar refractivity (Wildman–Crippen MR) is 138 cm³/mol. The summed E-state index contributed by atoms with van der Waals surface area (Å²) < 4.78 is 70.2. The van der Waals surface area contributed by atoms with Crippen molar-refractivity contribution in [3.8, 4) is 17.2 Å². The number of hydrogen-bond acceptors (Lipinski definition) is 7. The van der Waals surface area contributed by atoms with Crippen molar-refractivity contribution in [2.45, 2.75) is 60.9 Å². The molecule has 1 aliphatic carbocycles. The van der Waals surface area contributed by atoms with Crippen molar-refractivity contribution in [3.63, 3.8) is 0 Å². The summed E-state index contributed by atoms with van der Waals surface area (Å²) in [5.41, 5.74) is -1.59. The largest absolute Gasteiger partial charge is 0.417 e. The van der Waals surface area contributed by atoms with Crippen LogP contribution in [-0.4, -0.2) is 71.6 Å². The Balaban J connectivity index is 0.00000205. The highest BCUT2D eigenvalue weighted by Crippen LogP contribution is 2.41. The normalized spacial score (nSPS) is 21.5. The first-order valence-corrected chi connectivity index (χ1v) is 14.3. The first-order valence-electron chi connectivity index (χ1n) is 12.7. The van der Waals surface area contributed by atoms with E-state index >= 15 is 0 Å². The van der Waals surface area contributed by atoms with Crippen LogP contribution in [0.25, 0.3) is 11.1 Å². The van der Waals surface area contributed by atoms with E-state index < -0.39 is 49.1 Å². The lowest BCUT2D eigenvalue weighted by atomic mass is 9.88. The van der Waals surface area contributed by atoms with Crippen molar-refractivity contribution >= 4 is 15.7 Å². The van der Waals surface area contributed by atoms with Gasteiger partial charge in [0.05, 0.1) is 28.0 Å². The summed E-state index contributed by atoms with van der Waals surface area (Å²) in [5.74, 6) is -1.09. The van der Waals surface area contributed by atoms with E-state index in [2.05, 4.69) is 21.4 Å². The Bertz CT molecular complexity index is 1310. The molecule has 9 nitrogen and oxygen atoms in total. The maximum atomic E-state index is 14.0.